The van der Waals surface area contributed by atoms with E-state index in [4.69, 9.17) is 23.8 Å². The third-order valence-electron chi connectivity index (χ3n) is 8.16. The molecule has 9 rings (SSSR count). The van der Waals surface area contributed by atoms with Gasteiger partial charge in [0.05, 0.1) is 0 Å². The van der Waals surface area contributed by atoms with Crippen LogP contribution in [0, 0.1) is 0 Å². The van der Waals surface area contributed by atoms with Crippen molar-refractivity contribution in [1.82, 2.24) is 15.0 Å². The smallest absolute Gasteiger partial charge is 0.164 e. The second kappa shape index (κ2) is 9.75. The van der Waals surface area contributed by atoms with Gasteiger partial charge in [-0.05, 0) is 41.5 Å². The molecule has 0 atom stereocenters. The number of hydrogen-bond acceptors (Lipinski definition) is 5. The van der Waals surface area contributed by atoms with Crippen LogP contribution >= 0.6 is 0 Å². The summed E-state index contributed by atoms with van der Waals surface area (Å²) in [5, 5.41) is 4.26. The minimum absolute atomic E-state index is 0.604. The maximum atomic E-state index is 6.17. The van der Waals surface area contributed by atoms with Gasteiger partial charge in [0.25, 0.3) is 0 Å². The van der Waals surface area contributed by atoms with Crippen molar-refractivity contribution in [3.8, 4) is 45.3 Å². The van der Waals surface area contributed by atoms with Crippen LogP contribution in [0.5, 0.6) is 0 Å². The van der Waals surface area contributed by atoms with Crippen molar-refractivity contribution in [2.45, 2.75) is 0 Å². The summed E-state index contributed by atoms with van der Waals surface area (Å²) >= 11 is 0. The van der Waals surface area contributed by atoms with Crippen LogP contribution < -0.4 is 0 Å². The van der Waals surface area contributed by atoms with E-state index < -0.39 is 0 Å². The van der Waals surface area contributed by atoms with E-state index in [-0.39, 0.29) is 0 Å². The zero-order chi connectivity index (χ0) is 29.0. The van der Waals surface area contributed by atoms with E-state index in [9.17, 15) is 0 Å². The van der Waals surface area contributed by atoms with Gasteiger partial charge in [0.2, 0.25) is 0 Å². The van der Waals surface area contributed by atoms with Crippen LogP contribution in [0.4, 0.5) is 0 Å². The van der Waals surface area contributed by atoms with E-state index in [0.29, 0.717) is 17.5 Å². The molecule has 0 amide bonds. The first-order valence-corrected chi connectivity index (χ1v) is 14.5. The van der Waals surface area contributed by atoms with Crippen LogP contribution in [0.2, 0.25) is 0 Å². The second-order valence-electron chi connectivity index (χ2n) is 10.8. The summed E-state index contributed by atoms with van der Waals surface area (Å²) in [4.78, 5) is 14.9. The maximum Gasteiger partial charge on any atom is 0.164 e. The Morgan fingerprint density at radius 2 is 0.886 bits per heavy atom. The highest BCUT2D eigenvalue weighted by atomic mass is 16.3. The van der Waals surface area contributed by atoms with Crippen molar-refractivity contribution in [1.29, 1.82) is 0 Å². The summed E-state index contributed by atoms with van der Waals surface area (Å²) in [6.07, 6.45) is 0. The van der Waals surface area contributed by atoms with E-state index in [0.717, 1.165) is 71.7 Å². The molecule has 0 saturated heterocycles. The lowest BCUT2D eigenvalue weighted by atomic mass is 10.0. The van der Waals surface area contributed by atoms with Crippen molar-refractivity contribution in [3.63, 3.8) is 0 Å². The lowest BCUT2D eigenvalue weighted by Gasteiger charge is -2.10. The summed E-state index contributed by atoms with van der Waals surface area (Å²) in [5.41, 5.74) is 8.40. The predicted octanol–water partition coefficient (Wildman–Crippen LogP) is 10.3. The second-order valence-corrected chi connectivity index (χ2v) is 10.8. The Bertz CT molecular complexity index is 2490. The first-order chi connectivity index (χ1) is 21.8. The van der Waals surface area contributed by atoms with E-state index in [1.54, 1.807) is 0 Å². The molecule has 0 bridgehead atoms. The highest BCUT2D eigenvalue weighted by Gasteiger charge is 2.18. The van der Waals surface area contributed by atoms with Gasteiger partial charge in [-0.25, -0.2) is 15.0 Å². The zero-order valence-corrected chi connectivity index (χ0v) is 23.4. The predicted molar refractivity (Wildman–Crippen MR) is 176 cm³/mol. The van der Waals surface area contributed by atoms with Crippen molar-refractivity contribution in [2.24, 2.45) is 0 Å². The molecule has 0 fully saturated rings. The minimum Gasteiger partial charge on any atom is -0.456 e. The molecule has 0 aliphatic heterocycles. The molecule has 5 heteroatoms. The molecular weight excluding hydrogens is 542 g/mol. The highest BCUT2D eigenvalue weighted by molar-refractivity contribution is 6.11. The number of hydrogen-bond donors (Lipinski definition) is 0. The number of fused-ring (bicyclic) bond motifs is 6. The molecule has 0 radical (unpaired) electrons. The monoisotopic (exact) mass is 565 g/mol. The SMILES string of the molecule is c1ccc(-c2nc(-c3ccc(-c4ccc5oc6ccccc6c5c4)cc3)nc(-c3cccc4oc5ccccc5c34)n2)cc1. The van der Waals surface area contributed by atoms with Crippen LogP contribution in [0.3, 0.4) is 0 Å². The fourth-order valence-electron chi connectivity index (χ4n) is 6.02. The summed E-state index contributed by atoms with van der Waals surface area (Å²) < 4.78 is 12.2. The van der Waals surface area contributed by atoms with E-state index >= 15 is 0 Å². The van der Waals surface area contributed by atoms with Gasteiger partial charge in [0.1, 0.15) is 22.3 Å². The van der Waals surface area contributed by atoms with Gasteiger partial charge in [0, 0.05) is 38.2 Å². The first kappa shape index (κ1) is 24.5. The number of furan rings is 2. The van der Waals surface area contributed by atoms with Crippen LogP contribution in [0.25, 0.3) is 89.2 Å². The fourth-order valence-corrected chi connectivity index (χ4v) is 6.02. The number of aromatic nitrogens is 3. The van der Waals surface area contributed by atoms with E-state index in [1.807, 2.05) is 84.9 Å². The summed E-state index contributed by atoms with van der Waals surface area (Å²) in [7, 11) is 0. The summed E-state index contributed by atoms with van der Waals surface area (Å²) in [6, 6.07) is 47.0. The van der Waals surface area contributed by atoms with Gasteiger partial charge in [-0.3, -0.25) is 0 Å². The van der Waals surface area contributed by atoms with Gasteiger partial charge >= 0.3 is 0 Å². The topological polar surface area (TPSA) is 65.0 Å². The number of benzene rings is 6. The standard InChI is InChI=1S/C39H23N3O2/c1-2-9-25(10-3-1)37-40-38(42-39(41-37)30-13-8-16-35-36(30)29-12-5-7-15-33(29)44-35)26-19-17-24(18-20-26)27-21-22-34-31(23-27)28-11-4-6-14-32(28)43-34/h1-23H. The Labute approximate surface area is 252 Å². The quantitative estimate of drug-likeness (QED) is 0.212. The molecule has 3 heterocycles. The van der Waals surface area contributed by atoms with Crippen LogP contribution in [-0.2, 0) is 0 Å². The molecule has 0 aliphatic rings. The van der Waals surface area contributed by atoms with Gasteiger partial charge in [0.15, 0.2) is 17.5 Å². The fraction of sp³-hybridized carbons (Fsp3) is 0. The molecule has 9 aromatic rings. The number of rotatable bonds is 4. The molecule has 5 nitrogen and oxygen atoms in total. The molecule has 0 spiro atoms. The molecule has 0 aliphatic carbocycles. The molecule has 0 unspecified atom stereocenters. The molecule has 3 aromatic heterocycles. The third-order valence-corrected chi connectivity index (χ3v) is 8.16. The molecule has 206 valence electrons. The Balaban J connectivity index is 1.18. The third kappa shape index (κ3) is 3.98. The Morgan fingerprint density at radius 1 is 0.341 bits per heavy atom. The Kier molecular flexibility index (Phi) is 5.43. The zero-order valence-electron chi connectivity index (χ0n) is 23.4. The Hall–Kier alpha value is -6.07. The normalized spacial score (nSPS) is 11.6. The number of para-hydroxylation sites is 2. The van der Waals surface area contributed by atoms with E-state index in [2.05, 4.69) is 54.6 Å². The van der Waals surface area contributed by atoms with Crippen molar-refractivity contribution >= 4 is 43.9 Å². The van der Waals surface area contributed by atoms with E-state index in [1.165, 1.54) is 0 Å². The van der Waals surface area contributed by atoms with Gasteiger partial charge in [-0.2, -0.15) is 0 Å². The first-order valence-electron chi connectivity index (χ1n) is 14.5. The van der Waals surface area contributed by atoms with Gasteiger partial charge in [-0.15, -0.1) is 0 Å². The molecule has 0 N–H and O–H groups in total. The molecule has 0 saturated carbocycles. The van der Waals surface area contributed by atoms with Crippen LogP contribution in [-0.4, -0.2) is 15.0 Å². The van der Waals surface area contributed by atoms with Crippen LogP contribution in [0.15, 0.2) is 148 Å². The highest BCUT2D eigenvalue weighted by Crippen LogP contribution is 2.37. The largest absolute Gasteiger partial charge is 0.456 e. The molecule has 44 heavy (non-hydrogen) atoms. The van der Waals surface area contributed by atoms with Crippen molar-refractivity contribution in [2.75, 3.05) is 0 Å². The Morgan fingerprint density at radius 3 is 1.68 bits per heavy atom. The average Bonchev–Trinajstić information content (AvgIpc) is 3.67. The summed E-state index contributed by atoms with van der Waals surface area (Å²) in [5.74, 6) is 1.84. The van der Waals surface area contributed by atoms with Crippen LogP contribution in [0.1, 0.15) is 0 Å². The lowest BCUT2D eigenvalue weighted by molar-refractivity contribution is 0.668. The average molecular weight is 566 g/mol. The maximum absolute atomic E-state index is 6.17. The summed E-state index contributed by atoms with van der Waals surface area (Å²) in [6.45, 7) is 0. The minimum atomic E-state index is 0.604. The van der Waals surface area contributed by atoms with Gasteiger partial charge in [-0.1, -0.05) is 109 Å². The number of nitrogens with zero attached hydrogens (tertiary/aromatic N) is 3. The lowest BCUT2D eigenvalue weighted by Crippen LogP contribution is -2.00. The van der Waals surface area contributed by atoms with Gasteiger partial charge < -0.3 is 8.83 Å². The molecular formula is C39H23N3O2. The van der Waals surface area contributed by atoms with Crippen molar-refractivity contribution in [3.05, 3.63) is 140 Å². The molecule has 6 aromatic carbocycles. The van der Waals surface area contributed by atoms with Crippen molar-refractivity contribution < 1.29 is 8.83 Å².